The molecule has 1 saturated carbocycles. The van der Waals surface area contributed by atoms with Crippen molar-refractivity contribution < 1.29 is 18.0 Å². The molecule has 1 atom stereocenters. The van der Waals surface area contributed by atoms with Crippen molar-refractivity contribution in [3.8, 4) is 0 Å². The van der Waals surface area contributed by atoms with Crippen LogP contribution in [-0.4, -0.2) is 43.8 Å². The first-order valence-corrected chi connectivity index (χ1v) is 15.8. The van der Waals surface area contributed by atoms with Gasteiger partial charge in [-0.2, -0.15) is 0 Å². The molecule has 0 saturated heterocycles. The molecule has 1 aliphatic rings. The second kappa shape index (κ2) is 13.3. The van der Waals surface area contributed by atoms with Gasteiger partial charge in [0.1, 0.15) is 12.6 Å². The minimum Gasteiger partial charge on any atom is -0.352 e. The molecule has 0 heterocycles. The van der Waals surface area contributed by atoms with Gasteiger partial charge in [-0.1, -0.05) is 79.4 Å². The molecule has 3 aromatic rings. The van der Waals surface area contributed by atoms with E-state index in [1.165, 1.54) is 0 Å². The molecule has 0 aliphatic heterocycles. The smallest absolute Gasteiger partial charge is 0.264 e. The van der Waals surface area contributed by atoms with E-state index in [9.17, 15) is 18.0 Å². The topological polar surface area (TPSA) is 86.8 Å². The number of amides is 2. The van der Waals surface area contributed by atoms with Crippen molar-refractivity contribution >= 4 is 27.5 Å². The lowest BCUT2D eigenvalue weighted by Gasteiger charge is -2.34. The van der Waals surface area contributed by atoms with Gasteiger partial charge >= 0.3 is 0 Å². The van der Waals surface area contributed by atoms with E-state index in [1.807, 2.05) is 58.0 Å². The van der Waals surface area contributed by atoms with Crippen LogP contribution in [0.1, 0.15) is 61.3 Å². The quantitative estimate of drug-likeness (QED) is 0.319. The Morgan fingerprint density at radius 3 is 2.12 bits per heavy atom. The molecular weight excluding hydrogens is 534 g/mol. The minimum absolute atomic E-state index is 0.105. The van der Waals surface area contributed by atoms with E-state index in [1.54, 1.807) is 47.4 Å². The standard InChI is InChI=1S/C33H41N3O4S/c1-5-31(33(38)34-28-13-6-7-14-28)35(22-27-12-8-10-25(3)20-27)32(37)23-36(29-15-9-11-26(4)21-29)41(39,40)30-18-16-24(2)17-19-30/h8-12,15-21,28,31H,5-7,13-14,22-23H2,1-4H3,(H,34,38). The molecule has 0 radical (unpaired) electrons. The first-order chi connectivity index (χ1) is 19.6. The number of nitrogens with zero attached hydrogens (tertiary/aromatic N) is 2. The van der Waals surface area contributed by atoms with Gasteiger partial charge in [-0.25, -0.2) is 8.42 Å². The van der Waals surface area contributed by atoms with E-state index >= 15 is 0 Å². The molecule has 7 nitrogen and oxygen atoms in total. The van der Waals surface area contributed by atoms with Crippen LogP contribution in [0, 0.1) is 20.8 Å². The van der Waals surface area contributed by atoms with E-state index in [4.69, 9.17) is 0 Å². The van der Waals surface area contributed by atoms with Gasteiger partial charge in [0.2, 0.25) is 11.8 Å². The van der Waals surface area contributed by atoms with Gasteiger partial charge in [0.25, 0.3) is 10.0 Å². The summed E-state index contributed by atoms with van der Waals surface area (Å²) in [6, 6.07) is 20.9. The van der Waals surface area contributed by atoms with Crippen LogP contribution in [0.2, 0.25) is 0 Å². The fourth-order valence-corrected chi connectivity index (χ4v) is 6.85. The van der Waals surface area contributed by atoms with Crippen LogP contribution < -0.4 is 9.62 Å². The zero-order valence-electron chi connectivity index (χ0n) is 24.5. The zero-order valence-corrected chi connectivity index (χ0v) is 25.3. The van der Waals surface area contributed by atoms with E-state index in [0.29, 0.717) is 12.1 Å². The molecule has 1 aliphatic carbocycles. The number of anilines is 1. The molecule has 1 N–H and O–H groups in total. The fourth-order valence-electron chi connectivity index (χ4n) is 5.44. The van der Waals surface area contributed by atoms with Gasteiger partial charge in [-0.15, -0.1) is 0 Å². The van der Waals surface area contributed by atoms with Crippen LogP contribution in [0.25, 0.3) is 0 Å². The zero-order chi connectivity index (χ0) is 29.6. The lowest BCUT2D eigenvalue weighted by molar-refractivity contribution is -0.140. The average Bonchev–Trinajstić information content (AvgIpc) is 3.44. The van der Waals surface area contributed by atoms with Gasteiger partial charge in [0.15, 0.2) is 0 Å². The Morgan fingerprint density at radius 1 is 0.878 bits per heavy atom. The SMILES string of the molecule is CCC(C(=O)NC1CCCC1)N(Cc1cccc(C)c1)C(=O)CN(c1cccc(C)c1)S(=O)(=O)c1ccc(C)cc1. The van der Waals surface area contributed by atoms with Gasteiger partial charge in [0.05, 0.1) is 10.6 Å². The second-order valence-electron chi connectivity index (χ2n) is 11.1. The maximum absolute atomic E-state index is 14.2. The fraction of sp³-hybridized carbons (Fsp3) is 0.394. The monoisotopic (exact) mass is 575 g/mol. The number of hydrogen-bond donors (Lipinski definition) is 1. The predicted molar refractivity (Wildman–Crippen MR) is 163 cm³/mol. The highest BCUT2D eigenvalue weighted by Crippen LogP contribution is 2.26. The Bertz CT molecular complexity index is 1460. The number of carbonyl (C=O) groups is 2. The van der Waals surface area contributed by atoms with Crippen molar-refractivity contribution in [3.63, 3.8) is 0 Å². The van der Waals surface area contributed by atoms with E-state index < -0.39 is 28.5 Å². The molecule has 0 aromatic heterocycles. The third-order valence-corrected chi connectivity index (χ3v) is 9.49. The maximum atomic E-state index is 14.2. The summed E-state index contributed by atoms with van der Waals surface area (Å²) in [5.74, 6) is -0.624. The number of carbonyl (C=O) groups excluding carboxylic acids is 2. The average molecular weight is 576 g/mol. The third kappa shape index (κ3) is 7.55. The molecule has 0 bridgehead atoms. The number of sulfonamides is 1. The van der Waals surface area contributed by atoms with Crippen LogP contribution in [-0.2, 0) is 26.2 Å². The van der Waals surface area contributed by atoms with E-state index in [2.05, 4.69) is 5.32 Å². The first-order valence-electron chi connectivity index (χ1n) is 14.4. The molecular formula is C33H41N3O4S. The predicted octanol–water partition coefficient (Wildman–Crippen LogP) is 5.67. The molecule has 1 unspecified atom stereocenters. The second-order valence-corrected chi connectivity index (χ2v) is 13.0. The Morgan fingerprint density at radius 2 is 1.51 bits per heavy atom. The van der Waals surface area contributed by atoms with Crippen LogP contribution in [0.4, 0.5) is 5.69 Å². The number of hydrogen-bond acceptors (Lipinski definition) is 4. The molecule has 8 heteroatoms. The van der Waals surface area contributed by atoms with Crippen molar-refractivity contribution in [1.82, 2.24) is 10.2 Å². The highest BCUT2D eigenvalue weighted by molar-refractivity contribution is 7.92. The molecule has 4 rings (SSSR count). The molecule has 0 spiro atoms. The van der Waals surface area contributed by atoms with Gasteiger partial charge < -0.3 is 10.2 Å². The number of nitrogens with one attached hydrogen (secondary N) is 1. The molecule has 3 aromatic carbocycles. The first kappa shape index (κ1) is 30.3. The number of rotatable bonds is 11. The summed E-state index contributed by atoms with van der Waals surface area (Å²) in [5.41, 5.74) is 4.14. The summed E-state index contributed by atoms with van der Waals surface area (Å²) in [6.45, 7) is 7.40. The Balaban J connectivity index is 1.71. The lowest BCUT2D eigenvalue weighted by atomic mass is 10.1. The summed E-state index contributed by atoms with van der Waals surface area (Å²) in [5, 5.41) is 3.15. The van der Waals surface area contributed by atoms with Crippen LogP contribution >= 0.6 is 0 Å². The van der Waals surface area contributed by atoms with Gasteiger partial charge in [-0.3, -0.25) is 13.9 Å². The highest BCUT2D eigenvalue weighted by atomic mass is 32.2. The van der Waals surface area contributed by atoms with Crippen molar-refractivity contribution in [1.29, 1.82) is 0 Å². The largest absolute Gasteiger partial charge is 0.352 e. The van der Waals surface area contributed by atoms with Crippen molar-refractivity contribution in [2.75, 3.05) is 10.8 Å². The van der Waals surface area contributed by atoms with Gasteiger partial charge in [0, 0.05) is 12.6 Å². The summed E-state index contributed by atoms with van der Waals surface area (Å²) in [7, 11) is -4.08. The highest BCUT2D eigenvalue weighted by Gasteiger charge is 2.34. The van der Waals surface area contributed by atoms with Gasteiger partial charge in [-0.05, 0) is 75.4 Å². The molecule has 2 amide bonds. The van der Waals surface area contributed by atoms with Crippen LogP contribution in [0.5, 0.6) is 0 Å². The van der Waals surface area contributed by atoms with Crippen LogP contribution in [0.15, 0.2) is 77.7 Å². The van der Waals surface area contributed by atoms with Crippen molar-refractivity contribution in [2.45, 2.75) is 83.3 Å². The third-order valence-electron chi connectivity index (χ3n) is 7.70. The van der Waals surface area contributed by atoms with E-state index in [0.717, 1.165) is 52.2 Å². The summed E-state index contributed by atoms with van der Waals surface area (Å²) < 4.78 is 29.2. The summed E-state index contributed by atoms with van der Waals surface area (Å²) in [4.78, 5) is 29.4. The maximum Gasteiger partial charge on any atom is 0.264 e. The molecule has 218 valence electrons. The van der Waals surface area contributed by atoms with Crippen molar-refractivity contribution in [3.05, 3.63) is 95.1 Å². The number of benzene rings is 3. The minimum atomic E-state index is -4.08. The number of aryl methyl sites for hydroxylation is 3. The van der Waals surface area contributed by atoms with E-state index in [-0.39, 0.29) is 23.4 Å². The summed E-state index contributed by atoms with van der Waals surface area (Å²) in [6.07, 6.45) is 4.44. The van der Waals surface area contributed by atoms with Crippen molar-refractivity contribution in [2.24, 2.45) is 0 Å². The Kier molecular flexibility index (Phi) is 9.86. The molecule has 1 fully saturated rings. The summed E-state index contributed by atoms with van der Waals surface area (Å²) >= 11 is 0. The lowest BCUT2D eigenvalue weighted by Crippen LogP contribution is -2.53. The van der Waals surface area contributed by atoms with Crippen LogP contribution in [0.3, 0.4) is 0 Å². The normalized spacial score (nSPS) is 14.4. The Hall–Kier alpha value is -3.65. The molecule has 41 heavy (non-hydrogen) atoms. The Labute approximate surface area is 244 Å².